The highest BCUT2D eigenvalue weighted by Gasteiger charge is 2.25. The Labute approximate surface area is 111 Å². The van der Waals surface area contributed by atoms with Crippen LogP contribution in [-0.4, -0.2) is 33.8 Å². The van der Waals surface area contributed by atoms with Gasteiger partial charge < -0.3 is 14.7 Å². The van der Waals surface area contributed by atoms with Gasteiger partial charge in [0.25, 0.3) is 5.17 Å². The van der Waals surface area contributed by atoms with Crippen molar-refractivity contribution in [1.82, 2.24) is 4.90 Å². The standard InChI is InChI=1S/C13H15NO3S/c15-12(16)8-11-6-7-14(13(18)17-11)9-10-4-2-1-3-5-10/h1-5,11H,6-9H2,(H,15,16). The van der Waals surface area contributed by atoms with E-state index in [0.29, 0.717) is 18.1 Å². The van der Waals surface area contributed by atoms with Crippen LogP contribution in [-0.2, 0) is 16.1 Å². The average molecular weight is 265 g/mol. The summed E-state index contributed by atoms with van der Waals surface area (Å²) in [6, 6.07) is 10.0. The van der Waals surface area contributed by atoms with Gasteiger partial charge in [-0.3, -0.25) is 4.79 Å². The molecular weight excluding hydrogens is 250 g/mol. The third kappa shape index (κ3) is 3.43. The van der Waals surface area contributed by atoms with Crippen molar-refractivity contribution >= 4 is 23.4 Å². The molecule has 5 heteroatoms. The quantitative estimate of drug-likeness (QED) is 0.844. The molecule has 1 aliphatic heterocycles. The van der Waals surface area contributed by atoms with Crippen molar-refractivity contribution in [3.05, 3.63) is 35.9 Å². The number of rotatable bonds is 4. The maximum atomic E-state index is 10.6. The van der Waals surface area contributed by atoms with Crippen LogP contribution in [0.2, 0.25) is 0 Å². The third-order valence-corrected chi connectivity index (χ3v) is 3.22. The molecule has 0 aliphatic carbocycles. The fourth-order valence-corrected chi connectivity index (χ4v) is 2.24. The van der Waals surface area contributed by atoms with Crippen molar-refractivity contribution in [1.29, 1.82) is 0 Å². The molecule has 0 bridgehead atoms. The first-order chi connectivity index (χ1) is 8.65. The summed E-state index contributed by atoms with van der Waals surface area (Å²) >= 11 is 5.17. The molecule has 1 saturated heterocycles. The van der Waals surface area contributed by atoms with Crippen LogP contribution in [0.4, 0.5) is 0 Å². The summed E-state index contributed by atoms with van der Waals surface area (Å²) in [5, 5.41) is 9.12. The Bertz CT molecular complexity index is 435. The van der Waals surface area contributed by atoms with E-state index in [1.54, 1.807) is 0 Å². The van der Waals surface area contributed by atoms with E-state index in [1.807, 2.05) is 35.2 Å². The zero-order valence-corrected chi connectivity index (χ0v) is 10.7. The monoisotopic (exact) mass is 265 g/mol. The van der Waals surface area contributed by atoms with E-state index in [9.17, 15) is 4.79 Å². The van der Waals surface area contributed by atoms with Gasteiger partial charge in [0.1, 0.15) is 6.10 Å². The number of carboxylic acid groups (broad SMARTS) is 1. The van der Waals surface area contributed by atoms with Crippen LogP contribution in [0.15, 0.2) is 30.3 Å². The zero-order chi connectivity index (χ0) is 13.0. The summed E-state index contributed by atoms with van der Waals surface area (Å²) in [4.78, 5) is 12.6. The number of ether oxygens (including phenoxy) is 1. The normalized spacial score (nSPS) is 19.4. The molecule has 0 radical (unpaired) electrons. The molecule has 0 saturated carbocycles. The number of thiocarbonyl (C=S) groups is 1. The molecule has 18 heavy (non-hydrogen) atoms. The highest BCUT2D eigenvalue weighted by molar-refractivity contribution is 7.80. The van der Waals surface area contributed by atoms with Gasteiger partial charge in [-0.2, -0.15) is 0 Å². The molecule has 1 N–H and O–H groups in total. The number of aliphatic carboxylic acids is 1. The molecule has 96 valence electrons. The number of benzene rings is 1. The lowest BCUT2D eigenvalue weighted by atomic mass is 10.1. The van der Waals surface area contributed by atoms with Crippen molar-refractivity contribution < 1.29 is 14.6 Å². The van der Waals surface area contributed by atoms with Gasteiger partial charge in [-0.15, -0.1) is 0 Å². The molecule has 1 fully saturated rings. The summed E-state index contributed by atoms with van der Waals surface area (Å²) in [5.74, 6) is -0.848. The maximum absolute atomic E-state index is 10.6. The molecular formula is C13H15NO3S. The number of nitrogens with zero attached hydrogens (tertiary/aromatic N) is 1. The van der Waals surface area contributed by atoms with Gasteiger partial charge in [0, 0.05) is 19.5 Å². The van der Waals surface area contributed by atoms with Crippen LogP contribution in [0.3, 0.4) is 0 Å². The molecule has 0 spiro atoms. The van der Waals surface area contributed by atoms with Crippen molar-refractivity contribution in [3.63, 3.8) is 0 Å². The topological polar surface area (TPSA) is 49.8 Å². The van der Waals surface area contributed by atoms with Crippen LogP contribution in [0, 0.1) is 0 Å². The molecule has 1 aromatic rings. The molecule has 4 nitrogen and oxygen atoms in total. The Morgan fingerprint density at radius 1 is 1.44 bits per heavy atom. The molecule has 1 aromatic carbocycles. The summed E-state index contributed by atoms with van der Waals surface area (Å²) in [6.07, 6.45) is 0.417. The summed E-state index contributed by atoms with van der Waals surface area (Å²) < 4.78 is 5.46. The van der Waals surface area contributed by atoms with Crippen LogP contribution in [0.25, 0.3) is 0 Å². The number of carboxylic acids is 1. The van der Waals surface area contributed by atoms with Gasteiger partial charge in [0.05, 0.1) is 6.42 Å². The van der Waals surface area contributed by atoms with Gasteiger partial charge in [0.15, 0.2) is 0 Å². The average Bonchev–Trinajstić information content (AvgIpc) is 2.33. The first-order valence-corrected chi connectivity index (χ1v) is 6.27. The lowest BCUT2D eigenvalue weighted by Gasteiger charge is -2.33. The second-order valence-corrected chi connectivity index (χ2v) is 4.65. The molecule has 0 amide bonds. The van der Waals surface area contributed by atoms with Crippen LogP contribution >= 0.6 is 12.2 Å². The fraction of sp³-hybridized carbons (Fsp3) is 0.385. The van der Waals surface area contributed by atoms with E-state index < -0.39 is 5.97 Å². The lowest BCUT2D eigenvalue weighted by molar-refractivity contribution is -0.139. The first kappa shape index (κ1) is 12.8. The second kappa shape index (κ2) is 5.82. The highest BCUT2D eigenvalue weighted by atomic mass is 32.1. The third-order valence-electron chi connectivity index (χ3n) is 2.87. The van der Waals surface area contributed by atoms with Gasteiger partial charge in [0.2, 0.25) is 0 Å². The predicted octanol–water partition coefficient (Wildman–Crippen LogP) is 2.04. The van der Waals surface area contributed by atoms with E-state index in [-0.39, 0.29) is 12.5 Å². The van der Waals surface area contributed by atoms with Gasteiger partial charge in [-0.25, -0.2) is 0 Å². The first-order valence-electron chi connectivity index (χ1n) is 5.86. The lowest BCUT2D eigenvalue weighted by Crippen LogP contribution is -2.41. The second-order valence-electron chi connectivity index (χ2n) is 4.30. The Morgan fingerprint density at radius 2 is 2.17 bits per heavy atom. The van der Waals surface area contributed by atoms with E-state index in [1.165, 1.54) is 5.56 Å². The minimum atomic E-state index is -0.848. The van der Waals surface area contributed by atoms with Crippen molar-refractivity contribution in [2.24, 2.45) is 0 Å². The van der Waals surface area contributed by atoms with E-state index in [4.69, 9.17) is 22.1 Å². The smallest absolute Gasteiger partial charge is 0.307 e. The number of carbonyl (C=O) groups is 1. The molecule has 0 aromatic heterocycles. The van der Waals surface area contributed by atoms with Crippen LogP contribution < -0.4 is 0 Å². The van der Waals surface area contributed by atoms with Crippen LogP contribution in [0.1, 0.15) is 18.4 Å². The minimum Gasteiger partial charge on any atom is -0.481 e. The van der Waals surface area contributed by atoms with E-state index in [0.717, 1.165) is 6.54 Å². The van der Waals surface area contributed by atoms with Gasteiger partial charge >= 0.3 is 5.97 Å². The number of hydrogen-bond donors (Lipinski definition) is 1. The van der Waals surface area contributed by atoms with Crippen molar-refractivity contribution in [2.45, 2.75) is 25.5 Å². The Balaban J connectivity index is 1.90. The van der Waals surface area contributed by atoms with Crippen LogP contribution in [0.5, 0.6) is 0 Å². The summed E-state index contributed by atoms with van der Waals surface area (Å²) in [6.45, 7) is 1.45. The summed E-state index contributed by atoms with van der Waals surface area (Å²) in [7, 11) is 0. The minimum absolute atomic E-state index is 0.0132. The van der Waals surface area contributed by atoms with Crippen molar-refractivity contribution in [3.8, 4) is 0 Å². The largest absolute Gasteiger partial charge is 0.481 e. The highest BCUT2D eigenvalue weighted by Crippen LogP contribution is 2.17. The van der Waals surface area contributed by atoms with Gasteiger partial charge in [-0.05, 0) is 17.8 Å². The molecule has 1 heterocycles. The zero-order valence-electron chi connectivity index (χ0n) is 9.91. The molecule has 1 atom stereocenters. The Morgan fingerprint density at radius 3 is 2.78 bits per heavy atom. The Hall–Kier alpha value is -1.62. The Kier molecular flexibility index (Phi) is 4.15. The predicted molar refractivity (Wildman–Crippen MR) is 71.2 cm³/mol. The maximum Gasteiger partial charge on any atom is 0.307 e. The molecule has 1 aliphatic rings. The molecule has 1 unspecified atom stereocenters. The molecule has 2 rings (SSSR count). The summed E-state index contributed by atoms with van der Waals surface area (Å²) in [5.41, 5.74) is 1.17. The fourth-order valence-electron chi connectivity index (χ4n) is 1.95. The van der Waals surface area contributed by atoms with E-state index in [2.05, 4.69) is 0 Å². The van der Waals surface area contributed by atoms with Crippen molar-refractivity contribution in [2.75, 3.05) is 6.54 Å². The SMILES string of the molecule is O=C(O)CC1CCN(Cc2ccccc2)C(=S)O1. The van der Waals surface area contributed by atoms with E-state index >= 15 is 0 Å². The van der Waals surface area contributed by atoms with Gasteiger partial charge in [-0.1, -0.05) is 30.3 Å². The number of hydrogen-bond acceptors (Lipinski definition) is 3.